The molecule has 5 rings (SSSR count). The van der Waals surface area contributed by atoms with Gasteiger partial charge in [-0.15, -0.1) is 0 Å². The third-order valence-corrected chi connectivity index (χ3v) is 5.11. The van der Waals surface area contributed by atoms with Gasteiger partial charge >= 0.3 is 0 Å². The number of nitrogens with one attached hydrogen (secondary N) is 2. The normalized spacial score (nSPS) is 11.2. The molecule has 142 valence electrons. The van der Waals surface area contributed by atoms with Gasteiger partial charge in [0, 0.05) is 36.0 Å². The van der Waals surface area contributed by atoms with Crippen LogP contribution in [0.2, 0.25) is 0 Å². The van der Waals surface area contributed by atoms with E-state index in [1.807, 2.05) is 54.1 Å². The van der Waals surface area contributed by atoms with Gasteiger partial charge in [-0.3, -0.25) is 9.36 Å². The van der Waals surface area contributed by atoms with Crippen molar-refractivity contribution in [2.24, 2.45) is 0 Å². The van der Waals surface area contributed by atoms with Crippen molar-refractivity contribution in [1.29, 1.82) is 0 Å². The average molecular weight is 381 g/mol. The van der Waals surface area contributed by atoms with E-state index in [0.29, 0.717) is 12.2 Å². The smallest absolute Gasteiger partial charge is 0.267 e. The number of carbonyl (C=O) groups is 1. The Hall–Kier alpha value is -3.93. The van der Waals surface area contributed by atoms with Crippen LogP contribution in [0, 0.1) is 6.92 Å². The molecular weight excluding hydrogens is 362 g/mol. The molecule has 29 heavy (non-hydrogen) atoms. The Morgan fingerprint density at radius 3 is 2.76 bits per heavy atom. The third kappa shape index (κ3) is 3.14. The average Bonchev–Trinajstić information content (AvgIpc) is 3.39. The second-order valence-electron chi connectivity index (χ2n) is 6.98. The van der Waals surface area contributed by atoms with E-state index >= 15 is 0 Å². The summed E-state index contributed by atoms with van der Waals surface area (Å²) in [5.41, 5.74) is 2.44. The molecule has 0 aliphatic carbocycles. The van der Waals surface area contributed by atoms with Crippen LogP contribution >= 0.6 is 0 Å². The lowest BCUT2D eigenvalue weighted by Crippen LogP contribution is -2.23. The predicted octanol–water partition coefficient (Wildman–Crippen LogP) is 4.14. The van der Waals surface area contributed by atoms with Crippen molar-refractivity contribution in [3.05, 3.63) is 90.3 Å². The zero-order chi connectivity index (χ0) is 19.8. The number of nitrogens with zero attached hydrogens (tertiary/aromatic N) is 3. The number of fused-ring (bicyclic) bond motifs is 3. The molecule has 3 heterocycles. The van der Waals surface area contributed by atoms with Crippen LogP contribution in [0.4, 0.5) is 0 Å². The number of aryl methyl sites for hydroxylation is 1. The first-order valence-corrected chi connectivity index (χ1v) is 9.43. The first kappa shape index (κ1) is 17.2. The van der Waals surface area contributed by atoms with Crippen LogP contribution in [-0.2, 0) is 6.54 Å². The number of carbonyl (C=O) groups excluding carboxylic acids is 1. The summed E-state index contributed by atoms with van der Waals surface area (Å²) in [6, 6.07) is 18.0. The minimum atomic E-state index is -0.139. The Labute approximate surface area is 167 Å². The van der Waals surface area contributed by atoms with Crippen LogP contribution in [0.1, 0.15) is 21.9 Å². The quantitative estimate of drug-likeness (QED) is 0.491. The number of imidazole rings is 1. The molecule has 0 aliphatic rings. The van der Waals surface area contributed by atoms with Crippen LogP contribution < -0.4 is 5.32 Å². The molecule has 0 saturated carbocycles. The molecule has 3 aromatic heterocycles. The van der Waals surface area contributed by atoms with Gasteiger partial charge in [0.15, 0.2) is 0 Å². The van der Waals surface area contributed by atoms with Crippen molar-refractivity contribution >= 4 is 27.6 Å². The molecule has 0 spiro atoms. The van der Waals surface area contributed by atoms with Crippen molar-refractivity contribution in [3.63, 3.8) is 0 Å². The molecule has 0 radical (unpaired) electrons. The van der Waals surface area contributed by atoms with E-state index in [0.717, 1.165) is 38.9 Å². The van der Waals surface area contributed by atoms with Crippen LogP contribution in [0.15, 0.2) is 73.2 Å². The van der Waals surface area contributed by atoms with E-state index in [4.69, 9.17) is 0 Å². The largest absolute Gasteiger partial charge is 0.351 e. The molecule has 6 nitrogen and oxygen atoms in total. The fourth-order valence-corrected chi connectivity index (χ4v) is 3.57. The fourth-order valence-electron chi connectivity index (χ4n) is 3.57. The summed E-state index contributed by atoms with van der Waals surface area (Å²) >= 11 is 0. The standard InChI is InChI=1S/C23H19N5O/c1-15-24-10-11-28(15)22-9-6-16(13-25-22)14-26-23(29)21-12-19-18-5-3-2-4-17(18)7-8-20(19)27-21/h2-13,27H,14H2,1H3,(H,26,29). The van der Waals surface area contributed by atoms with Crippen LogP contribution in [0.5, 0.6) is 0 Å². The van der Waals surface area contributed by atoms with Gasteiger partial charge in [0.1, 0.15) is 17.3 Å². The number of aromatic nitrogens is 4. The number of amides is 1. The van der Waals surface area contributed by atoms with E-state index in [1.165, 1.54) is 0 Å². The van der Waals surface area contributed by atoms with E-state index in [2.05, 4.69) is 38.5 Å². The maximum Gasteiger partial charge on any atom is 0.267 e. The van der Waals surface area contributed by atoms with Crippen LogP contribution in [0.25, 0.3) is 27.5 Å². The number of aromatic amines is 1. The highest BCUT2D eigenvalue weighted by Gasteiger charge is 2.11. The lowest BCUT2D eigenvalue weighted by Gasteiger charge is -2.06. The number of H-pyrrole nitrogens is 1. The van der Waals surface area contributed by atoms with Crippen molar-refractivity contribution < 1.29 is 4.79 Å². The van der Waals surface area contributed by atoms with E-state index in [9.17, 15) is 4.79 Å². The van der Waals surface area contributed by atoms with E-state index < -0.39 is 0 Å². The molecule has 6 heteroatoms. The summed E-state index contributed by atoms with van der Waals surface area (Å²) in [6.07, 6.45) is 5.39. The van der Waals surface area contributed by atoms with Gasteiger partial charge in [0.05, 0.1) is 0 Å². The second-order valence-corrected chi connectivity index (χ2v) is 6.98. The molecule has 0 unspecified atom stereocenters. The number of benzene rings is 2. The molecular formula is C23H19N5O. The molecule has 0 bridgehead atoms. The van der Waals surface area contributed by atoms with Gasteiger partial charge < -0.3 is 10.3 Å². The maximum atomic E-state index is 12.6. The first-order valence-electron chi connectivity index (χ1n) is 9.43. The van der Waals surface area contributed by atoms with Gasteiger partial charge in [-0.2, -0.15) is 0 Å². The molecule has 2 aromatic carbocycles. The molecule has 0 fully saturated rings. The Morgan fingerprint density at radius 2 is 1.97 bits per heavy atom. The number of hydrogen-bond donors (Lipinski definition) is 2. The number of rotatable bonds is 4. The van der Waals surface area contributed by atoms with Crippen molar-refractivity contribution in [3.8, 4) is 5.82 Å². The summed E-state index contributed by atoms with van der Waals surface area (Å²) < 4.78 is 1.91. The van der Waals surface area contributed by atoms with Gasteiger partial charge in [-0.25, -0.2) is 9.97 Å². The summed E-state index contributed by atoms with van der Waals surface area (Å²) in [5.74, 6) is 1.54. The second kappa shape index (κ2) is 6.91. The maximum absolute atomic E-state index is 12.6. The van der Waals surface area contributed by atoms with Gasteiger partial charge in [-0.1, -0.05) is 36.4 Å². The highest BCUT2D eigenvalue weighted by molar-refractivity contribution is 6.09. The Bertz CT molecular complexity index is 1330. The fraction of sp³-hybridized carbons (Fsp3) is 0.0870. The van der Waals surface area contributed by atoms with Crippen LogP contribution in [0.3, 0.4) is 0 Å². The van der Waals surface area contributed by atoms with Gasteiger partial charge in [0.2, 0.25) is 0 Å². The Balaban J connectivity index is 1.33. The summed E-state index contributed by atoms with van der Waals surface area (Å²) in [6.45, 7) is 2.34. The SMILES string of the molecule is Cc1nccn1-c1ccc(CNC(=O)c2cc3c(ccc4ccccc43)[nH]2)cn1. The molecule has 0 atom stereocenters. The molecule has 2 N–H and O–H groups in total. The molecule has 5 aromatic rings. The van der Waals surface area contributed by atoms with Gasteiger partial charge in [-0.05, 0) is 41.5 Å². The molecule has 0 saturated heterocycles. The Kier molecular flexibility index (Phi) is 4.09. The first-order chi connectivity index (χ1) is 14.2. The minimum absolute atomic E-state index is 0.139. The van der Waals surface area contributed by atoms with E-state index in [1.54, 1.807) is 12.4 Å². The summed E-state index contributed by atoms with van der Waals surface area (Å²) in [7, 11) is 0. The topological polar surface area (TPSA) is 75.6 Å². The minimum Gasteiger partial charge on any atom is -0.351 e. The Morgan fingerprint density at radius 1 is 1.07 bits per heavy atom. The highest BCUT2D eigenvalue weighted by Crippen LogP contribution is 2.25. The van der Waals surface area contributed by atoms with Crippen molar-refractivity contribution in [1.82, 2.24) is 24.8 Å². The monoisotopic (exact) mass is 381 g/mol. The van der Waals surface area contributed by atoms with Gasteiger partial charge in [0.25, 0.3) is 5.91 Å². The zero-order valence-corrected chi connectivity index (χ0v) is 15.9. The van der Waals surface area contributed by atoms with Crippen LogP contribution in [-0.4, -0.2) is 25.4 Å². The summed E-state index contributed by atoms with van der Waals surface area (Å²) in [4.78, 5) is 24.5. The highest BCUT2D eigenvalue weighted by atomic mass is 16.1. The molecule has 1 amide bonds. The summed E-state index contributed by atoms with van der Waals surface area (Å²) in [5, 5.41) is 6.30. The zero-order valence-electron chi connectivity index (χ0n) is 15.9. The lowest BCUT2D eigenvalue weighted by atomic mass is 10.1. The predicted molar refractivity (Wildman–Crippen MR) is 113 cm³/mol. The number of hydrogen-bond acceptors (Lipinski definition) is 3. The van der Waals surface area contributed by atoms with Crippen molar-refractivity contribution in [2.45, 2.75) is 13.5 Å². The van der Waals surface area contributed by atoms with Crippen molar-refractivity contribution in [2.75, 3.05) is 0 Å². The lowest BCUT2D eigenvalue weighted by molar-refractivity contribution is 0.0946. The molecule has 0 aliphatic heterocycles. The van der Waals surface area contributed by atoms with E-state index in [-0.39, 0.29) is 5.91 Å². The number of pyridine rings is 1. The third-order valence-electron chi connectivity index (χ3n) is 5.11.